The number of likely N-dealkylation sites (tertiary alicyclic amines) is 1. The van der Waals surface area contributed by atoms with E-state index in [1.807, 2.05) is 18.7 Å². The van der Waals surface area contributed by atoms with E-state index in [-0.39, 0.29) is 42.2 Å². The number of hydrogen-bond donors (Lipinski definition) is 1. The molecule has 0 aromatic rings. The largest absolute Gasteiger partial charge is 0.461 e. The standard InChI is InChI=1S/C26H40N2O5S/c1-7-11-17(6)27(12-8-2)24(31)22-26-16(5)14-19(34-26)20(25(32)33-13-9-3)21(26)23(30)28(22)18(10-4)15-29/h8-9,16-22,29H,2-3,7,10-15H2,1,4-6H3/t16?,17?,18-,19+,20-,21-,22?,26?/m0/s1. The Kier molecular flexibility index (Phi) is 8.56. The lowest BCUT2D eigenvalue weighted by atomic mass is 9.66. The lowest BCUT2D eigenvalue weighted by Crippen LogP contribution is -2.60. The summed E-state index contributed by atoms with van der Waals surface area (Å²) in [5.41, 5.74) is 0. The van der Waals surface area contributed by atoms with Crippen LogP contribution in [0.4, 0.5) is 0 Å². The van der Waals surface area contributed by atoms with Gasteiger partial charge in [0, 0.05) is 17.8 Å². The molecule has 34 heavy (non-hydrogen) atoms. The van der Waals surface area contributed by atoms with Crippen LogP contribution in [0.3, 0.4) is 0 Å². The minimum absolute atomic E-state index is 0.00984. The molecule has 0 aliphatic carbocycles. The number of rotatable bonds is 12. The zero-order valence-corrected chi connectivity index (χ0v) is 21.8. The molecule has 2 bridgehead atoms. The van der Waals surface area contributed by atoms with Crippen LogP contribution in [0.15, 0.2) is 25.3 Å². The number of carbonyl (C=O) groups is 3. The highest BCUT2D eigenvalue weighted by Gasteiger charge is 2.77. The van der Waals surface area contributed by atoms with Crippen molar-refractivity contribution < 1.29 is 24.2 Å². The maximum Gasteiger partial charge on any atom is 0.311 e. The molecule has 3 rings (SSSR count). The number of carbonyl (C=O) groups excluding carboxylic acids is 3. The van der Waals surface area contributed by atoms with E-state index in [9.17, 15) is 19.5 Å². The Morgan fingerprint density at radius 2 is 2.06 bits per heavy atom. The first-order valence-corrected chi connectivity index (χ1v) is 13.4. The van der Waals surface area contributed by atoms with Gasteiger partial charge in [-0.25, -0.2) is 0 Å². The monoisotopic (exact) mass is 492 g/mol. The molecule has 2 amide bonds. The predicted octanol–water partition coefficient (Wildman–Crippen LogP) is 3.03. The van der Waals surface area contributed by atoms with Gasteiger partial charge in [-0.3, -0.25) is 14.4 Å². The molecule has 0 radical (unpaired) electrons. The smallest absolute Gasteiger partial charge is 0.311 e. The number of hydrogen-bond acceptors (Lipinski definition) is 6. The van der Waals surface area contributed by atoms with E-state index in [4.69, 9.17) is 4.74 Å². The van der Waals surface area contributed by atoms with Crippen molar-refractivity contribution in [3.05, 3.63) is 25.3 Å². The Morgan fingerprint density at radius 1 is 1.35 bits per heavy atom. The molecule has 3 aliphatic rings. The Hall–Kier alpha value is -1.80. The van der Waals surface area contributed by atoms with Gasteiger partial charge in [-0.1, -0.05) is 45.9 Å². The van der Waals surface area contributed by atoms with Crippen molar-refractivity contribution in [3.8, 4) is 0 Å². The van der Waals surface area contributed by atoms with Crippen LogP contribution in [0.2, 0.25) is 0 Å². The summed E-state index contributed by atoms with van der Waals surface area (Å²) in [6.07, 6.45) is 6.29. The molecule has 0 aromatic heterocycles. The second-order valence-corrected chi connectivity index (χ2v) is 11.4. The second kappa shape index (κ2) is 10.9. The lowest BCUT2D eigenvalue weighted by Gasteiger charge is -2.43. The quantitative estimate of drug-likeness (QED) is 0.333. The summed E-state index contributed by atoms with van der Waals surface area (Å²) in [6.45, 7) is 15.8. The van der Waals surface area contributed by atoms with Gasteiger partial charge in [0.2, 0.25) is 11.8 Å². The maximum absolute atomic E-state index is 14.3. The minimum Gasteiger partial charge on any atom is -0.461 e. The van der Waals surface area contributed by atoms with E-state index in [0.717, 1.165) is 19.3 Å². The van der Waals surface area contributed by atoms with Crippen LogP contribution >= 0.6 is 11.8 Å². The van der Waals surface area contributed by atoms with Crippen molar-refractivity contribution in [1.82, 2.24) is 9.80 Å². The summed E-state index contributed by atoms with van der Waals surface area (Å²) in [5, 5.41) is 10.1. The summed E-state index contributed by atoms with van der Waals surface area (Å²) in [6, 6.07) is -1.22. The topological polar surface area (TPSA) is 87.1 Å². The number of aliphatic hydroxyl groups excluding tert-OH is 1. The molecule has 4 unspecified atom stereocenters. The second-order valence-electron chi connectivity index (χ2n) is 9.88. The predicted molar refractivity (Wildman–Crippen MR) is 134 cm³/mol. The van der Waals surface area contributed by atoms with E-state index in [1.54, 1.807) is 22.7 Å². The van der Waals surface area contributed by atoms with Gasteiger partial charge in [-0.05, 0) is 32.1 Å². The van der Waals surface area contributed by atoms with Crippen LogP contribution in [-0.4, -0.2) is 80.6 Å². The van der Waals surface area contributed by atoms with Crippen molar-refractivity contribution in [3.63, 3.8) is 0 Å². The molecule has 1 N–H and O–H groups in total. The Labute approximate surface area is 208 Å². The highest BCUT2D eigenvalue weighted by atomic mass is 32.2. The number of ether oxygens (including phenoxy) is 1. The number of amides is 2. The molecule has 3 fully saturated rings. The fourth-order valence-electron chi connectivity index (χ4n) is 6.41. The highest BCUT2D eigenvalue weighted by molar-refractivity contribution is 8.02. The van der Waals surface area contributed by atoms with E-state index in [2.05, 4.69) is 27.0 Å². The van der Waals surface area contributed by atoms with E-state index < -0.39 is 34.6 Å². The van der Waals surface area contributed by atoms with Crippen LogP contribution in [0.25, 0.3) is 0 Å². The number of aliphatic hydroxyl groups is 1. The van der Waals surface area contributed by atoms with Crippen LogP contribution in [0.1, 0.15) is 53.4 Å². The Morgan fingerprint density at radius 3 is 2.62 bits per heavy atom. The SMILES string of the molecule is C=CCOC(=O)[C@@H]1[C@H]2C(=O)N([C@@H](CC)CO)C(C(=O)N(CC=C)C(C)CCC)C23S[C@@H]1CC3C. The molecule has 7 nitrogen and oxygen atoms in total. The molecular weight excluding hydrogens is 452 g/mol. The summed E-state index contributed by atoms with van der Waals surface area (Å²) in [5.74, 6) is -1.86. The third-order valence-corrected chi connectivity index (χ3v) is 10.0. The molecule has 1 spiro atoms. The van der Waals surface area contributed by atoms with E-state index in [0.29, 0.717) is 13.0 Å². The first-order valence-electron chi connectivity index (χ1n) is 12.5. The number of fused-ring (bicyclic) bond motifs is 1. The van der Waals surface area contributed by atoms with Crippen molar-refractivity contribution in [2.45, 2.75) is 81.5 Å². The van der Waals surface area contributed by atoms with Gasteiger partial charge >= 0.3 is 5.97 Å². The van der Waals surface area contributed by atoms with Gasteiger partial charge in [-0.2, -0.15) is 0 Å². The van der Waals surface area contributed by atoms with Crippen LogP contribution < -0.4 is 0 Å². The minimum atomic E-state index is -0.733. The van der Waals surface area contributed by atoms with Gasteiger partial charge in [-0.15, -0.1) is 18.3 Å². The van der Waals surface area contributed by atoms with Gasteiger partial charge < -0.3 is 19.6 Å². The van der Waals surface area contributed by atoms with Crippen molar-refractivity contribution in [2.75, 3.05) is 19.8 Å². The van der Waals surface area contributed by atoms with E-state index in [1.165, 1.54) is 6.08 Å². The molecule has 3 aliphatic heterocycles. The van der Waals surface area contributed by atoms with Crippen LogP contribution in [0.5, 0.6) is 0 Å². The molecule has 3 saturated heterocycles. The van der Waals surface area contributed by atoms with Gasteiger partial charge in [0.15, 0.2) is 0 Å². The Bertz CT molecular complexity index is 815. The number of thioether (sulfide) groups is 1. The number of nitrogens with zero attached hydrogens (tertiary/aromatic N) is 2. The van der Waals surface area contributed by atoms with Gasteiger partial charge in [0.05, 0.1) is 29.2 Å². The molecule has 0 aromatic carbocycles. The van der Waals surface area contributed by atoms with Crippen molar-refractivity contribution in [1.29, 1.82) is 0 Å². The third kappa shape index (κ3) is 4.11. The molecule has 190 valence electrons. The zero-order chi connectivity index (χ0) is 25.2. The molecular formula is C26H40N2O5S. The van der Waals surface area contributed by atoms with Gasteiger partial charge in [0.25, 0.3) is 0 Å². The zero-order valence-electron chi connectivity index (χ0n) is 20.9. The molecule has 3 heterocycles. The average Bonchev–Trinajstić information content (AvgIpc) is 3.40. The van der Waals surface area contributed by atoms with Crippen molar-refractivity contribution >= 4 is 29.5 Å². The third-order valence-electron chi connectivity index (χ3n) is 7.96. The first kappa shape index (κ1) is 26.8. The molecule has 8 atom stereocenters. The van der Waals surface area contributed by atoms with E-state index >= 15 is 0 Å². The summed E-state index contributed by atoms with van der Waals surface area (Å²) < 4.78 is 4.70. The summed E-state index contributed by atoms with van der Waals surface area (Å²) >= 11 is 1.63. The number of esters is 1. The fraction of sp³-hybridized carbons (Fsp3) is 0.731. The normalized spacial score (nSPS) is 33.4. The fourth-order valence-corrected chi connectivity index (χ4v) is 8.80. The summed E-state index contributed by atoms with van der Waals surface area (Å²) in [4.78, 5) is 44.9. The Balaban J connectivity index is 2.11. The van der Waals surface area contributed by atoms with Gasteiger partial charge in [0.1, 0.15) is 12.6 Å². The molecule has 0 saturated carbocycles. The van der Waals surface area contributed by atoms with Crippen LogP contribution in [0, 0.1) is 17.8 Å². The maximum atomic E-state index is 14.3. The van der Waals surface area contributed by atoms with Crippen molar-refractivity contribution in [2.24, 2.45) is 17.8 Å². The van der Waals surface area contributed by atoms with Crippen LogP contribution in [-0.2, 0) is 19.1 Å². The first-order chi connectivity index (χ1) is 16.2. The summed E-state index contributed by atoms with van der Waals surface area (Å²) in [7, 11) is 0. The molecule has 8 heteroatoms. The highest BCUT2D eigenvalue weighted by Crippen LogP contribution is 2.69. The average molecular weight is 493 g/mol. The lowest BCUT2D eigenvalue weighted by molar-refractivity contribution is -0.154.